The Labute approximate surface area is 74.3 Å². The van der Waals surface area contributed by atoms with Gasteiger partial charge < -0.3 is 10.5 Å². The number of carbonyl (C=O) groups is 1. The SMILES string of the molecule is COC(=O)C(N)(C(C)C)C(C)C. The van der Waals surface area contributed by atoms with Crippen molar-refractivity contribution in [3.8, 4) is 0 Å². The molecule has 2 N–H and O–H groups in total. The maximum absolute atomic E-state index is 11.4. The van der Waals surface area contributed by atoms with E-state index in [-0.39, 0.29) is 17.8 Å². The Balaban J connectivity index is 4.74. The predicted octanol–water partition coefficient (Wildman–Crippen LogP) is 1.17. The van der Waals surface area contributed by atoms with E-state index in [1.165, 1.54) is 7.11 Å². The summed E-state index contributed by atoms with van der Waals surface area (Å²) >= 11 is 0. The zero-order chi connectivity index (χ0) is 9.94. The number of rotatable bonds is 3. The fourth-order valence-electron chi connectivity index (χ4n) is 1.31. The molecule has 3 nitrogen and oxygen atoms in total. The predicted molar refractivity (Wildman–Crippen MR) is 48.6 cm³/mol. The van der Waals surface area contributed by atoms with Gasteiger partial charge in [0.1, 0.15) is 5.54 Å². The average molecular weight is 173 g/mol. The van der Waals surface area contributed by atoms with Gasteiger partial charge in [0, 0.05) is 0 Å². The van der Waals surface area contributed by atoms with Crippen molar-refractivity contribution < 1.29 is 9.53 Å². The molecular weight excluding hydrogens is 154 g/mol. The van der Waals surface area contributed by atoms with Crippen molar-refractivity contribution in [1.29, 1.82) is 0 Å². The summed E-state index contributed by atoms with van der Waals surface area (Å²) in [5.74, 6) is -0.151. The Kier molecular flexibility index (Phi) is 3.71. The van der Waals surface area contributed by atoms with Crippen LogP contribution >= 0.6 is 0 Å². The number of hydrogen-bond acceptors (Lipinski definition) is 3. The van der Waals surface area contributed by atoms with E-state index in [9.17, 15) is 4.79 Å². The van der Waals surface area contributed by atoms with E-state index in [0.29, 0.717) is 0 Å². The summed E-state index contributed by atoms with van der Waals surface area (Å²) < 4.78 is 4.67. The van der Waals surface area contributed by atoms with Gasteiger partial charge in [0.05, 0.1) is 7.11 Å². The summed E-state index contributed by atoms with van der Waals surface area (Å²) in [6.07, 6.45) is 0. The smallest absolute Gasteiger partial charge is 0.326 e. The van der Waals surface area contributed by atoms with Crippen LogP contribution in [0.3, 0.4) is 0 Å². The molecule has 0 saturated heterocycles. The molecule has 0 aliphatic heterocycles. The Morgan fingerprint density at radius 2 is 1.58 bits per heavy atom. The van der Waals surface area contributed by atoms with E-state index in [2.05, 4.69) is 4.74 Å². The molecule has 0 aliphatic rings. The molecule has 3 heteroatoms. The molecule has 12 heavy (non-hydrogen) atoms. The first-order valence-corrected chi connectivity index (χ1v) is 4.24. The van der Waals surface area contributed by atoms with Crippen molar-refractivity contribution in [3.05, 3.63) is 0 Å². The lowest BCUT2D eigenvalue weighted by molar-refractivity contribution is -0.151. The quantitative estimate of drug-likeness (QED) is 0.652. The Bertz CT molecular complexity index is 156. The second-order valence-corrected chi connectivity index (χ2v) is 3.73. The number of esters is 1. The van der Waals surface area contributed by atoms with Crippen molar-refractivity contribution >= 4 is 5.97 Å². The van der Waals surface area contributed by atoms with Crippen molar-refractivity contribution in [2.24, 2.45) is 17.6 Å². The zero-order valence-corrected chi connectivity index (χ0v) is 8.55. The highest BCUT2D eigenvalue weighted by Crippen LogP contribution is 2.24. The Morgan fingerprint density at radius 3 is 1.67 bits per heavy atom. The van der Waals surface area contributed by atoms with Gasteiger partial charge in [-0.05, 0) is 11.8 Å². The van der Waals surface area contributed by atoms with E-state index in [1.807, 2.05) is 27.7 Å². The molecule has 0 bridgehead atoms. The third-order valence-corrected chi connectivity index (χ3v) is 2.45. The maximum atomic E-state index is 11.4. The molecule has 0 saturated carbocycles. The number of carbonyl (C=O) groups excluding carboxylic acids is 1. The average Bonchev–Trinajstić information content (AvgIpc) is 2.00. The molecule has 0 aliphatic carbocycles. The summed E-state index contributed by atoms with van der Waals surface area (Å²) in [6.45, 7) is 7.71. The second kappa shape index (κ2) is 3.90. The molecule has 0 fully saturated rings. The Hall–Kier alpha value is -0.570. The van der Waals surface area contributed by atoms with Crippen LogP contribution in [0.1, 0.15) is 27.7 Å². The van der Waals surface area contributed by atoms with Crippen LogP contribution in [0.15, 0.2) is 0 Å². The lowest BCUT2D eigenvalue weighted by Gasteiger charge is -2.34. The van der Waals surface area contributed by atoms with Gasteiger partial charge in [0.2, 0.25) is 0 Å². The van der Waals surface area contributed by atoms with Gasteiger partial charge in [-0.25, -0.2) is 0 Å². The fraction of sp³-hybridized carbons (Fsp3) is 0.889. The van der Waals surface area contributed by atoms with Crippen LogP contribution in [0.25, 0.3) is 0 Å². The third-order valence-electron chi connectivity index (χ3n) is 2.45. The second-order valence-electron chi connectivity index (χ2n) is 3.73. The van der Waals surface area contributed by atoms with Crippen molar-refractivity contribution in [3.63, 3.8) is 0 Å². The van der Waals surface area contributed by atoms with Crippen LogP contribution in [-0.4, -0.2) is 18.6 Å². The summed E-state index contributed by atoms with van der Waals surface area (Å²) in [4.78, 5) is 11.4. The molecule has 0 atom stereocenters. The molecular formula is C9H19NO2. The number of nitrogens with two attached hydrogens (primary N) is 1. The molecule has 0 radical (unpaired) electrons. The molecule has 0 amide bonds. The maximum Gasteiger partial charge on any atom is 0.326 e. The first-order chi connectivity index (χ1) is 5.37. The summed E-state index contributed by atoms with van der Waals surface area (Å²) in [5.41, 5.74) is 5.11. The minimum Gasteiger partial charge on any atom is -0.468 e. The van der Waals surface area contributed by atoms with Gasteiger partial charge >= 0.3 is 5.97 Å². The highest BCUT2D eigenvalue weighted by Gasteiger charge is 2.41. The first-order valence-electron chi connectivity index (χ1n) is 4.24. The van der Waals surface area contributed by atoms with Crippen molar-refractivity contribution in [2.75, 3.05) is 7.11 Å². The van der Waals surface area contributed by atoms with Gasteiger partial charge in [-0.2, -0.15) is 0 Å². The van der Waals surface area contributed by atoms with Crippen LogP contribution in [-0.2, 0) is 9.53 Å². The van der Waals surface area contributed by atoms with Gasteiger partial charge in [-0.3, -0.25) is 4.79 Å². The number of hydrogen-bond donors (Lipinski definition) is 1. The van der Waals surface area contributed by atoms with Crippen LogP contribution in [0.5, 0.6) is 0 Å². The molecule has 0 spiro atoms. The van der Waals surface area contributed by atoms with Crippen LogP contribution < -0.4 is 5.73 Å². The summed E-state index contributed by atoms with van der Waals surface area (Å²) in [7, 11) is 1.37. The number of methoxy groups -OCH3 is 1. The van der Waals surface area contributed by atoms with Crippen molar-refractivity contribution in [1.82, 2.24) is 0 Å². The lowest BCUT2D eigenvalue weighted by atomic mass is 9.78. The highest BCUT2D eigenvalue weighted by molar-refractivity contribution is 5.81. The molecule has 0 aromatic heterocycles. The molecule has 0 rings (SSSR count). The molecule has 0 heterocycles. The van der Waals surface area contributed by atoms with E-state index in [4.69, 9.17) is 5.73 Å². The molecule has 0 aromatic carbocycles. The Morgan fingerprint density at radius 1 is 1.25 bits per heavy atom. The summed E-state index contributed by atoms with van der Waals surface area (Å²) in [6, 6.07) is 0. The van der Waals surface area contributed by atoms with E-state index in [1.54, 1.807) is 0 Å². The van der Waals surface area contributed by atoms with Gasteiger partial charge in [-0.15, -0.1) is 0 Å². The van der Waals surface area contributed by atoms with E-state index >= 15 is 0 Å². The van der Waals surface area contributed by atoms with Crippen LogP contribution in [0.4, 0.5) is 0 Å². The van der Waals surface area contributed by atoms with E-state index < -0.39 is 5.54 Å². The van der Waals surface area contributed by atoms with Crippen LogP contribution in [0, 0.1) is 11.8 Å². The standard InChI is InChI=1S/C9H19NO2/c1-6(2)9(10,7(3)4)8(11)12-5/h6-7H,10H2,1-5H3. The van der Waals surface area contributed by atoms with Gasteiger partial charge in [-0.1, -0.05) is 27.7 Å². The van der Waals surface area contributed by atoms with Gasteiger partial charge in [0.15, 0.2) is 0 Å². The monoisotopic (exact) mass is 173 g/mol. The normalized spacial score (nSPS) is 12.3. The largest absolute Gasteiger partial charge is 0.468 e. The molecule has 0 unspecified atom stereocenters. The number of ether oxygens (including phenoxy) is 1. The fourth-order valence-corrected chi connectivity index (χ4v) is 1.31. The van der Waals surface area contributed by atoms with E-state index in [0.717, 1.165) is 0 Å². The topological polar surface area (TPSA) is 52.3 Å². The van der Waals surface area contributed by atoms with Gasteiger partial charge in [0.25, 0.3) is 0 Å². The zero-order valence-electron chi connectivity index (χ0n) is 8.55. The highest BCUT2D eigenvalue weighted by atomic mass is 16.5. The minimum atomic E-state index is -0.852. The molecule has 0 aromatic rings. The molecule has 72 valence electrons. The lowest BCUT2D eigenvalue weighted by Crippen LogP contribution is -2.57. The third kappa shape index (κ3) is 1.78. The summed E-state index contributed by atoms with van der Waals surface area (Å²) in [5, 5.41) is 0. The van der Waals surface area contributed by atoms with Crippen molar-refractivity contribution in [2.45, 2.75) is 33.2 Å². The minimum absolute atomic E-state index is 0.0879. The van der Waals surface area contributed by atoms with Crippen LogP contribution in [0.2, 0.25) is 0 Å². The first kappa shape index (κ1) is 11.4.